The average Bonchev–Trinajstić information content (AvgIpc) is 3.42. The van der Waals surface area contributed by atoms with Crippen molar-refractivity contribution in [3.8, 4) is 16.3 Å². The first kappa shape index (κ1) is 19.0. The molecule has 0 aliphatic rings. The summed E-state index contributed by atoms with van der Waals surface area (Å²) in [6.45, 7) is -0.428. The Balaban J connectivity index is 1.36. The lowest BCUT2D eigenvalue weighted by atomic mass is 10.2. The molecule has 0 saturated carbocycles. The number of benzene rings is 2. The van der Waals surface area contributed by atoms with Crippen LogP contribution in [0.15, 0.2) is 47.8 Å². The topological polar surface area (TPSA) is 103 Å². The van der Waals surface area contributed by atoms with Crippen molar-refractivity contribution in [1.82, 2.24) is 13.7 Å². The predicted molar refractivity (Wildman–Crippen MR) is 110 cm³/mol. The highest BCUT2D eigenvalue weighted by molar-refractivity contribution is 7.13. The van der Waals surface area contributed by atoms with Gasteiger partial charge in [-0.2, -0.15) is 8.75 Å². The Hall–Kier alpha value is -3.37. The summed E-state index contributed by atoms with van der Waals surface area (Å²) in [5.41, 5.74) is 2.82. The molecular weight excluding hydrogens is 412 g/mol. The fourth-order valence-corrected chi connectivity index (χ4v) is 3.88. The van der Waals surface area contributed by atoms with Gasteiger partial charge in [0.2, 0.25) is 0 Å². The van der Waals surface area contributed by atoms with E-state index in [2.05, 4.69) is 19.0 Å². The summed E-state index contributed by atoms with van der Waals surface area (Å²) in [5, 5.41) is 4.95. The average molecular weight is 426 g/mol. The molecule has 1 N–H and O–H groups in total. The predicted octanol–water partition coefficient (Wildman–Crippen LogP) is 3.62. The van der Waals surface area contributed by atoms with Crippen LogP contribution in [0.25, 0.3) is 21.6 Å². The van der Waals surface area contributed by atoms with Gasteiger partial charge in [-0.25, -0.2) is 9.78 Å². The van der Waals surface area contributed by atoms with Gasteiger partial charge >= 0.3 is 5.97 Å². The number of methoxy groups -OCH3 is 1. The van der Waals surface area contributed by atoms with Gasteiger partial charge in [0.25, 0.3) is 5.91 Å². The minimum absolute atomic E-state index is 0.152. The molecule has 0 bridgehead atoms. The molecule has 0 atom stereocenters. The molecule has 4 aromatic rings. The van der Waals surface area contributed by atoms with Crippen LogP contribution in [-0.2, 0) is 9.53 Å². The summed E-state index contributed by atoms with van der Waals surface area (Å²) in [5.74, 6) is -0.394. The lowest BCUT2D eigenvalue weighted by molar-refractivity contribution is -0.119. The number of carbonyl (C=O) groups excluding carboxylic acids is 2. The van der Waals surface area contributed by atoms with Crippen LogP contribution in [0, 0.1) is 0 Å². The zero-order valence-corrected chi connectivity index (χ0v) is 16.8. The fraction of sp³-hybridized carbons (Fsp3) is 0.105. The maximum Gasteiger partial charge on any atom is 0.358 e. The minimum Gasteiger partial charge on any atom is -0.497 e. The molecule has 0 unspecified atom stereocenters. The number of rotatable bonds is 6. The molecule has 0 fully saturated rings. The Kier molecular flexibility index (Phi) is 5.45. The molecule has 29 heavy (non-hydrogen) atoms. The van der Waals surface area contributed by atoms with Gasteiger partial charge in [0.05, 0.1) is 24.5 Å². The van der Waals surface area contributed by atoms with Crippen molar-refractivity contribution in [2.24, 2.45) is 0 Å². The highest BCUT2D eigenvalue weighted by atomic mass is 32.1. The van der Waals surface area contributed by atoms with E-state index in [0.717, 1.165) is 23.0 Å². The SMILES string of the molecule is COc1ccc(-c2nc(C(=O)OCC(=O)Nc3cccc4nsnc34)cs2)cc1. The largest absolute Gasteiger partial charge is 0.497 e. The van der Waals surface area contributed by atoms with E-state index >= 15 is 0 Å². The van der Waals surface area contributed by atoms with Crippen molar-refractivity contribution >= 4 is 51.7 Å². The van der Waals surface area contributed by atoms with Crippen LogP contribution in [0.2, 0.25) is 0 Å². The lowest BCUT2D eigenvalue weighted by Crippen LogP contribution is -2.21. The molecule has 10 heteroatoms. The molecule has 146 valence electrons. The summed E-state index contributed by atoms with van der Waals surface area (Å²) in [6, 6.07) is 12.6. The smallest absolute Gasteiger partial charge is 0.358 e. The van der Waals surface area contributed by atoms with Gasteiger partial charge in [-0.15, -0.1) is 11.3 Å². The summed E-state index contributed by atoms with van der Waals surface area (Å²) >= 11 is 2.38. The number of esters is 1. The van der Waals surface area contributed by atoms with Gasteiger partial charge < -0.3 is 14.8 Å². The van der Waals surface area contributed by atoms with Gasteiger partial charge in [-0.3, -0.25) is 4.79 Å². The van der Waals surface area contributed by atoms with Crippen LogP contribution in [0.1, 0.15) is 10.5 Å². The molecule has 0 aliphatic carbocycles. The lowest BCUT2D eigenvalue weighted by Gasteiger charge is -2.06. The third-order valence-electron chi connectivity index (χ3n) is 3.94. The van der Waals surface area contributed by atoms with E-state index in [-0.39, 0.29) is 5.69 Å². The maximum atomic E-state index is 12.2. The van der Waals surface area contributed by atoms with Gasteiger partial charge in [-0.05, 0) is 36.4 Å². The Morgan fingerprint density at radius 1 is 1.10 bits per heavy atom. The molecule has 2 aromatic heterocycles. The fourth-order valence-electron chi connectivity index (χ4n) is 2.53. The van der Waals surface area contributed by atoms with E-state index in [0.29, 0.717) is 21.7 Å². The second kappa shape index (κ2) is 8.33. The van der Waals surface area contributed by atoms with Crippen molar-refractivity contribution in [1.29, 1.82) is 0 Å². The van der Waals surface area contributed by atoms with E-state index in [9.17, 15) is 9.59 Å². The quantitative estimate of drug-likeness (QED) is 0.470. The van der Waals surface area contributed by atoms with Crippen molar-refractivity contribution in [3.63, 3.8) is 0 Å². The Labute approximate surface area is 173 Å². The maximum absolute atomic E-state index is 12.2. The molecule has 1 amide bonds. The van der Waals surface area contributed by atoms with Crippen molar-refractivity contribution in [2.45, 2.75) is 0 Å². The highest BCUT2D eigenvalue weighted by Crippen LogP contribution is 2.26. The number of fused-ring (bicyclic) bond motifs is 1. The third kappa shape index (κ3) is 4.23. The Bertz CT molecular complexity index is 1170. The summed E-state index contributed by atoms with van der Waals surface area (Å²) in [6.07, 6.45) is 0. The molecule has 0 saturated heterocycles. The number of amides is 1. The molecule has 2 heterocycles. The van der Waals surface area contributed by atoms with Gasteiger partial charge in [-0.1, -0.05) is 6.07 Å². The van der Waals surface area contributed by atoms with E-state index in [4.69, 9.17) is 9.47 Å². The first-order valence-electron chi connectivity index (χ1n) is 8.42. The molecule has 0 radical (unpaired) electrons. The number of aromatic nitrogens is 3. The van der Waals surface area contributed by atoms with Crippen molar-refractivity contribution < 1.29 is 19.1 Å². The van der Waals surface area contributed by atoms with E-state index in [1.54, 1.807) is 30.7 Å². The van der Waals surface area contributed by atoms with Crippen molar-refractivity contribution in [2.75, 3.05) is 19.0 Å². The minimum atomic E-state index is -0.662. The zero-order chi connectivity index (χ0) is 20.2. The standard InChI is InChI=1S/C19H14N4O4S2/c1-26-12-7-5-11(6-8-12)18-21-15(10-28-18)19(25)27-9-16(24)20-13-3-2-4-14-17(13)23-29-22-14/h2-8,10H,9H2,1H3,(H,20,24). The van der Waals surface area contributed by atoms with Gasteiger partial charge in [0, 0.05) is 10.9 Å². The van der Waals surface area contributed by atoms with Crippen LogP contribution >= 0.6 is 23.1 Å². The monoisotopic (exact) mass is 426 g/mol. The zero-order valence-electron chi connectivity index (χ0n) is 15.1. The van der Waals surface area contributed by atoms with Crippen LogP contribution in [-0.4, -0.2) is 39.3 Å². The van der Waals surface area contributed by atoms with Crippen molar-refractivity contribution in [3.05, 3.63) is 53.5 Å². The second-order valence-corrected chi connectivity index (χ2v) is 7.21. The van der Waals surface area contributed by atoms with Gasteiger partial charge in [0.1, 0.15) is 21.8 Å². The van der Waals surface area contributed by atoms with Crippen LogP contribution in [0.4, 0.5) is 5.69 Å². The summed E-state index contributed by atoms with van der Waals surface area (Å²) in [4.78, 5) is 28.6. The molecule has 2 aromatic carbocycles. The van der Waals surface area contributed by atoms with E-state index in [1.165, 1.54) is 11.3 Å². The van der Waals surface area contributed by atoms with Crippen LogP contribution in [0.5, 0.6) is 5.75 Å². The number of anilines is 1. The number of carbonyl (C=O) groups is 2. The van der Waals surface area contributed by atoms with Crippen LogP contribution in [0.3, 0.4) is 0 Å². The molecule has 0 aliphatic heterocycles. The van der Waals surface area contributed by atoms with Crippen LogP contribution < -0.4 is 10.1 Å². The molecule has 0 spiro atoms. The highest BCUT2D eigenvalue weighted by Gasteiger charge is 2.16. The number of hydrogen-bond acceptors (Lipinski definition) is 9. The van der Waals surface area contributed by atoms with Gasteiger partial charge in [0.15, 0.2) is 12.3 Å². The Morgan fingerprint density at radius 2 is 1.93 bits per heavy atom. The Morgan fingerprint density at radius 3 is 2.72 bits per heavy atom. The molecular formula is C19H14N4O4S2. The normalized spacial score (nSPS) is 10.7. The van der Waals surface area contributed by atoms with E-state index < -0.39 is 18.5 Å². The number of nitrogens with one attached hydrogen (secondary N) is 1. The number of ether oxygens (including phenoxy) is 2. The summed E-state index contributed by atoms with van der Waals surface area (Å²) < 4.78 is 18.5. The van der Waals surface area contributed by atoms with E-state index in [1.807, 2.05) is 24.3 Å². The first-order valence-corrected chi connectivity index (χ1v) is 10.0. The molecule has 8 nitrogen and oxygen atoms in total. The number of hydrogen-bond donors (Lipinski definition) is 1. The number of nitrogens with zero attached hydrogens (tertiary/aromatic N) is 3. The number of thiazole rings is 1. The third-order valence-corrected chi connectivity index (χ3v) is 5.38. The second-order valence-electron chi connectivity index (χ2n) is 5.83. The molecule has 4 rings (SSSR count). The first-order chi connectivity index (χ1) is 14.1. The summed E-state index contributed by atoms with van der Waals surface area (Å²) in [7, 11) is 1.59.